The lowest BCUT2D eigenvalue weighted by molar-refractivity contribution is -0.144. The zero-order chi connectivity index (χ0) is 14.5. The van der Waals surface area contributed by atoms with Crippen LogP contribution in [0.25, 0.3) is 0 Å². The Balaban J connectivity index is 2.90. The Morgan fingerprint density at radius 3 is 2.05 bits per heavy atom. The van der Waals surface area contributed by atoms with E-state index in [2.05, 4.69) is 5.32 Å². The first kappa shape index (κ1) is 15.2. The number of carbonyl (C=O) groups excluding carboxylic acids is 1. The third-order valence-corrected chi connectivity index (χ3v) is 3.37. The normalized spacial score (nSPS) is 11.1. The van der Waals surface area contributed by atoms with Crippen LogP contribution in [0.15, 0.2) is 24.3 Å². The Morgan fingerprint density at radius 1 is 1.16 bits per heavy atom. The van der Waals surface area contributed by atoms with Gasteiger partial charge in [-0.2, -0.15) is 0 Å². The highest BCUT2D eigenvalue weighted by Crippen LogP contribution is 2.16. The van der Waals surface area contributed by atoms with Crippen molar-refractivity contribution in [3.8, 4) is 0 Å². The summed E-state index contributed by atoms with van der Waals surface area (Å²) in [6.45, 7) is 3.37. The molecule has 19 heavy (non-hydrogen) atoms. The summed E-state index contributed by atoms with van der Waals surface area (Å²) in [5.74, 6) is -1.45. The number of aliphatic carboxylic acids is 1. The van der Waals surface area contributed by atoms with E-state index >= 15 is 0 Å². The van der Waals surface area contributed by atoms with Crippen LogP contribution < -0.4 is 5.32 Å². The van der Waals surface area contributed by atoms with Gasteiger partial charge in [-0.25, -0.2) is 4.79 Å². The van der Waals surface area contributed by atoms with Crippen molar-refractivity contribution in [3.63, 3.8) is 0 Å². The summed E-state index contributed by atoms with van der Waals surface area (Å²) in [6.07, 6.45) is 0.637. The summed E-state index contributed by atoms with van der Waals surface area (Å²) in [4.78, 5) is 23.3. The van der Waals surface area contributed by atoms with E-state index in [0.717, 1.165) is 0 Å². The maximum Gasteiger partial charge on any atom is 0.329 e. The third kappa shape index (κ3) is 3.32. The molecule has 0 aliphatic carbocycles. The lowest BCUT2D eigenvalue weighted by Crippen LogP contribution is -2.53. The number of aliphatic hydroxyl groups is 1. The van der Waals surface area contributed by atoms with E-state index in [-0.39, 0.29) is 6.61 Å². The second kappa shape index (κ2) is 6.33. The number of carboxylic acid groups (broad SMARTS) is 1. The molecular weight excluding hydrogens is 246 g/mol. The van der Waals surface area contributed by atoms with Crippen molar-refractivity contribution >= 4 is 11.9 Å². The molecule has 0 bridgehead atoms. The van der Waals surface area contributed by atoms with Crippen molar-refractivity contribution in [2.45, 2.75) is 38.8 Å². The minimum Gasteiger partial charge on any atom is -0.480 e. The lowest BCUT2D eigenvalue weighted by Gasteiger charge is -2.28. The van der Waals surface area contributed by atoms with Gasteiger partial charge in [0.05, 0.1) is 6.61 Å². The number of amides is 1. The summed E-state index contributed by atoms with van der Waals surface area (Å²) >= 11 is 0. The predicted octanol–water partition coefficient (Wildman–Crippen LogP) is 1.55. The Hall–Kier alpha value is -1.88. The standard InChI is InChI=1S/C14H19NO4/c1-3-14(4-2,13(18)19)15-12(17)11-7-5-10(9-16)6-8-11/h5-8,16H,3-4,9H2,1-2H3,(H,15,17)(H,18,19). The van der Waals surface area contributed by atoms with Crippen molar-refractivity contribution in [1.82, 2.24) is 5.32 Å². The summed E-state index contributed by atoms with van der Waals surface area (Å²) in [5, 5.41) is 20.8. The molecule has 0 aromatic heterocycles. The fraction of sp³-hybridized carbons (Fsp3) is 0.429. The molecule has 0 heterocycles. The van der Waals surface area contributed by atoms with E-state index in [0.29, 0.717) is 24.0 Å². The van der Waals surface area contributed by atoms with Crippen molar-refractivity contribution in [2.24, 2.45) is 0 Å². The molecule has 5 heteroatoms. The minimum atomic E-state index is -1.23. The second-order valence-electron chi connectivity index (χ2n) is 4.40. The molecule has 0 fully saturated rings. The van der Waals surface area contributed by atoms with Gasteiger partial charge in [0, 0.05) is 5.56 Å². The van der Waals surface area contributed by atoms with Crippen LogP contribution in [-0.4, -0.2) is 27.6 Å². The first-order chi connectivity index (χ1) is 8.99. The van der Waals surface area contributed by atoms with Gasteiger partial charge in [-0.1, -0.05) is 26.0 Å². The smallest absolute Gasteiger partial charge is 0.329 e. The first-order valence-corrected chi connectivity index (χ1v) is 6.24. The molecule has 0 saturated heterocycles. The maximum atomic E-state index is 12.0. The third-order valence-electron chi connectivity index (χ3n) is 3.37. The molecule has 0 atom stereocenters. The fourth-order valence-electron chi connectivity index (χ4n) is 1.83. The van der Waals surface area contributed by atoms with Gasteiger partial charge in [0.15, 0.2) is 0 Å². The molecule has 3 N–H and O–H groups in total. The van der Waals surface area contributed by atoms with Crippen LogP contribution in [0.3, 0.4) is 0 Å². The number of hydrogen-bond donors (Lipinski definition) is 3. The summed E-state index contributed by atoms with van der Waals surface area (Å²) in [5.41, 5.74) is -0.149. The molecule has 0 unspecified atom stereocenters. The molecule has 5 nitrogen and oxygen atoms in total. The molecule has 0 aliphatic heterocycles. The molecule has 1 aromatic rings. The van der Waals surface area contributed by atoms with Crippen molar-refractivity contribution in [1.29, 1.82) is 0 Å². The zero-order valence-electron chi connectivity index (χ0n) is 11.1. The highest BCUT2D eigenvalue weighted by atomic mass is 16.4. The molecule has 1 amide bonds. The number of rotatable bonds is 6. The Labute approximate surface area is 112 Å². The van der Waals surface area contributed by atoms with Gasteiger partial charge in [0.2, 0.25) is 0 Å². The van der Waals surface area contributed by atoms with E-state index in [4.69, 9.17) is 5.11 Å². The van der Waals surface area contributed by atoms with Crippen LogP contribution in [0.1, 0.15) is 42.6 Å². The molecule has 0 saturated carbocycles. The number of nitrogens with one attached hydrogen (secondary N) is 1. The van der Waals surface area contributed by atoms with Crippen LogP contribution >= 0.6 is 0 Å². The van der Waals surface area contributed by atoms with Crippen molar-refractivity contribution in [2.75, 3.05) is 0 Å². The summed E-state index contributed by atoms with van der Waals surface area (Å²) in [6, 6.07) is 6.40. The first-order valence-electron chi connectivity index (χ1n) is 6.24. The van der Waals surface area contributed by atoms with Crippen molar-refractivity contribution < 1.29 is 19.8 Å². The quantitative estimate of drug-likeness (QED) is 0.728. The number of carbonyl (C=O) groups is 2. The summed E-state index contributed by atoms with van der Waals surface area (Å²) < 4.78 is 0. The monoisotopic (exact) mass is 265 g/mol. The van der Waals surface area contributed by atoms with E-state index in [9.17, 15) is 14.7 Å². The molecule has 0 aliphatic rings. The number of carboxylic acids is 1. The van der Waals surface area contributed by atoms with Crippen LogP contribution in [0.4, 0.5) is 0 Å². The zero-order valence-corrected chi connectivity index (χ0v) is 11.1. The van der Waals surface area contributed by atoms with Crippen LogP contribution in [0, 0.1) is 0 Å². The maximum absolute atomic E-state index is 12.0. The van der Waals surface area contributed by atoms with Gasteiger partial charge in [0.25, 0.3) is 5.91 Å². The molecule has 0 radical (unpaired) electrons. The topological polar surface area (TPSA) is 86.6 Å². The minimum absolute atomic E-state index is 0.0924. The molecule has 104 valence electrons. The van der Waals surface area contributed by atoms with E-state index in [1.807, 2.05) is 0 Å². The second-order valence-corrected chi connectivity index (χ2v) is 4.40. The SMILES string of the molecule is CCC(CC)(NC(=O)c1ccc(CO)cc1)C(=O)O. The van der Waals surface area contributed by atoms with Gasteiger partial charge in [-0.05, 0) is 30.5 Å². The molecule has 1 rings (SSSR count). The van der Waals surface area contributed by atoms with Crippen molar-refractivity contribution in [3.05, 3.63) is 35.4 Å². The largest absolute Gasteiger partial charge is 0.480 e. The van der Waals surface area contributed by atoms with Gasteiger partial charge in [-0.3, -0.25) is 4.79 Å². The Kier molecular flexibility index (Phi) is 5.06. The molecule has 0 spiro atoms. The lowest BCUT2D eigenvalue weighted by atomic mass is 9.92. The molecule has 1 aromatic carbocycles. The highest BCUT2D eigenvalue weighted by molar-refractivity contribution is 5.97. The van der Waals surface area contributed by atoms with Gasteiger partial charge < -0.3 is 15.5 Å². The Morgan fingerprint density at radius 2 is 1.68 bits per heavy atom. The summed E-state index contributed by atoms with van der Waals surface area (Å²) in [7, 11) is 0. The van der Waals surface area contributed by atoms with Crippen LogP contribution in [0.2, 0.25) is 0 Å². The Bertz CT molecular complexity index is 449. The molecular formula is C14H19NO4. The van der Waals surface area contributed by atoms with E-state index in [1.165, 1.54) is 0 Å². The van der Waals surface area contributed by atoms with E-state index in [1.54, 1.807) is 38.1 Å². The average Bonchev–Trinajstić information content (AvgIpc) is 2.44. The average molecular weight is 265 g/mol. The fourth-order valence-corrected chi connectivity index (χ4v) is 1.83. The number of benzene rings is 1. The predicted molar refractivity (Wildman–Crippen MR) is 70.8 cm³/mol. The van der Waals surface area contributed by atoms with Gasteiger partial charge in [-0.15, -0.1) is 0 Å². The van der Waals surface area contributed by atoms with E-state index < -0.39 is 17.4 Å². The number of aliphatic hydroxyl groups excluding tert-OH is 1. The highest BCUT2D eigenvalue weighted by Gasteiger charge is 2.36. The van der Waals surface area contributed by atoms with Crippen LogP contribution in [0.5, 0.6) is 0 Å². The van der Waals surface area contributed by atoms with Crippen LogP contribution in [-0.2, 0) is 11.4 Å². The number of hydrogen-bond acceptors (Lipinski definition) is 3. The van der Waals surface area contributed by atoms with Gasteiger partial charge in [0.1, 0.15) is 5.54 Å². The van der Waals surface area contributed by atoms with Gasteiger partial charge >= 0.3 is 5.97 Å².